The maximum absolute atomic E-state index is 13.2. The molecule has 1 fully saturated rings. The summed E-state index contributed by atoms with van der Waals surface area (Å²) in [6.07, 6.45) is 5.69. The highest BCUT2D eigenvalue weighted by Gasteiger charge is 2.22. The number of hydrogen-bond acceptors (Lipinski definition) is 1. The van der Waals surface area contributed by atoms with E-state index in [1.54, 1.807) is 6.07 Å². The minimum atomic E-state index is -0.172. The fourth-order valence-corrected chi connectivity index (χ4v) is 3.03. The Labute approximate surface area is 104 Å². The van der Waals surface area contributed by atoms with Gasteiger partial charge in [-0.25, -0.2) is 4.39 Å². The molecule has 2 N–H and O–H groups in total. The van der Waals surface area contributed by atoms with Crippen LogP contribution >= 0.6 is 15.9 Å². The molecule has 0 spiro atoms. The normalized spacial score (nSPS) is 25.7. The molecule has 0 amide bonds. The Kier molecular flexibility index (Phi) is 3.98. The third-order valence-electron chi connectivity index (χ3n) is 3.39. The van der Waals surface area contributed by atoms with Gasteiger partial charge in [0.05, 0.1) is 0 Å². The number of hydrogen-bond donors (Lipinski definition) is 1. The molecule has 0 heterocycles. The monoisotopic (exact) mass is 285 g/mol. The predicted molar refractivity (Wildman–Crippen MR) is 67.7 cm³/mol. The molecule has 88 valence electrons. The van der Waals surface area contributed by atoms with Crippen molar-refractivity contribution in [1.82, 2.24) is 0 Å². The van der Waals surface area contributed by atoms with Gasteiger partial charge in [0, 0.05) is 10.5 Å². The van der Waals surface area contributed by atoms with E-state index in [-0.39, 0.29) is 11.9 Å². The van der Waals surface area contributed by atoms with E-state index in [0.29, 0.717) is 5.92 Å². The van der Waals surface area contributed by atoms with Crippen LogP contribution in [0.3, 0.4) is 0 Å². The maximum atomic E-state index is 13.2. The summed E-state index contributed by atoms with van der Waals surface area (Å²) in [5.74, 6) is 0.344. The lowest BCUT2D eigenvalue weighted by Gasteiger charge is -2.28. The highest BCUT2D eigenvalue weighted by Crippen LogP contribution is 2.27. The molecular formula is C13H17BrFN. The Morgan fingerprint density at radius 3 is 2.69 bits per heavy atom. The molecule has 1 saturated carbocycles. The minimum Gasteiger partial charge on any atom is -0.327 e. The van der Waals surface area contributed by atoms with Crippen LogP contribution in [0, 0.1) is 11.7 Å². The van der Waals surface area contributed by atoms with Gasteiger partial charge in [-0.05, 0) is 48.9 Å². The second-order valence-corrected chi connectivity index (χ2v) is 5.61. The second kappa shape index (κ2) is 5.28. The van der Waals surface area contributed by atoms with Crippen LogP contribution in [0.1, 0.15) is 31.2 Å². The van der Waals surface area contributed by atoms with Crippen LogP contribution in [-0.4, -0.2) is 6.04 Å². The van der Waals surface area contributed by atoms with Crippen molar-refractivity contribution in [3.8, 4) is 0 Å². The van der Waals surface area contributed by atoms with Crippen molar-refractivity contribution in [2.75, 3.05) is 0 Å². The molecule has 0 aromatic heterocycles. The molecule has 2 atom stereocenters. The lowest BCUT2D eigenvalue weighted by Crippen LogP contribution is -2.34. The average Bonchev–Trinajstić information content (AvgIpc) is 2.20. The first kappa shape index (κ1) is 12.1. The molecule has 1 aromatic rings. The summed E-state index contributed by atoms with van der Waals surface area (Å²) in [7, 11) is 0. The quantitative estimate of drug-likeness (QED) is 0.882. The summed E-state index contributed by atoms with van der Waals surface area (Å²) >= 11 is 3.32. The zero-order valence-corrected chi connectivity index (χ0v) is 10.8. The number of nitrogens with two attached hydrogens (primary N) is 1. The first-order chi connectivity index (χ1) is 7.65. The Morgan fingerprint density at radius 1 is 1.25 bits per heavy atom. The number of benzene rings is 1. The molecule has 1 aromatic carbocycles. The summed E-state index contributed by atoms with van der Waals surface area (Å²) in [5, 5.41) is 0. The highest BCUT2D eigenvalue weighted by atomic mass is 79.9. The van der Waals surface area contributed by atoms with Crippen molar-refractivity contribution in [2.45, 2.75) is 38.1 Å². The molecule has 1 aliphatic rings. The van der Waals surface area contributed by atoms with Crippen LogP contribution in [0.5, 0.6) is 0 Å². The lowest BCUT2D eigenvalue weighted by molar-refractivity contribution is 0.306. The van der Waals surface area contributed by atoms with Crippen LogP contribution in [0.15, 0.2) is 22.7 Å². The summed E-state index contributed by atoms with van der Waals surface area (Å²) in [4.78, 5) is 0. The van der Waals surface area contributed by atoms with E-state index in [4.69, 9.17) is 5.73 Å². The molecular weight excluding hydrogens is 269 g/mol. The van der Waals surface area contributed by atoms with Gasteiger partial charge in [-0.15, -0.1) is 0 Å². The fourth-order valence-electron chi connectivity index (χ4n) is 2.52. The third kappa shape index (κ3) is 3.05. The Balaban J connectivity index is 2.07. The van der Waals surface area contributed by atoms with Gasteiger partial charge < -0.3 is 5.73 Å². The summed E-state index contributed by atoms with van der Waals surface area (Å²) in [5.41, 5.74) is 7.15. The van der Waals surface area contributed by atoms with Gasteiger partial charge in [-0.2, -0.15) is 0 Å². The zero-order valence-electron chi connectivity index (χ0n) is 9.26. The largest absolute Gasteiger partial charge is 0.327 e. The fraction of sp³-hybridized carbons (Fsp3) is 0.538. The van der Waals surface area contributed by atoms with Crippen molar-refractivity contribution >= 4 is 15.9 Å². The van der Waals surface area contributed by atoms with E-state index in [2.05, 4.69) is 15.9 Å². The van der Waals surface area contributed by atoms with Crippen LogP contribution in [-0.2, 0) is 6.42 Å². The van der Waals surface area contributed by atoms with Gasteiger partial charge in [-0.1, -0.05) is 28.8 Å². The van der Waals surface area contributed by atoms with Crippen molar-refractivity contribution in [1.29, 1.82) is 0 Å². The van der Waals surface area contributed by atoms with Crippen molar-refractivity contribution in [3.63, 3.8) is 0 Å². The van der Waals surface area contributed by atoms with Gasteiger partial charge in [0.15, 0.2) is 0 Å². The Bertz CT molecular complexity index is 347. The average molecular weight is 286 g/mol. The smallest absolute Gasteiger partial charge is 0.124 e. The van der Waals surface area contributed by atoms with Crippen LogP contribution in [0.2, 0.25) is 0 Å². The van der Waals surface area contributed by atoms with E-state index >= 15 is 0 Å². The molecule has 0 saturated heterocycles. The van der Waals surface area contributed by atoms with Crippen LogP contribution in [0.4, 0.5) is 4.39 Å². The van der Waals surface area contributed by atoms with E-state index in [9.17, 15) is 4.39 Å². The number of rotatable bonds is 2. The van der Waals surface area contributed by atoms with Gasteiger partial charge in [0.2, 0.25) is 0 Å². The Hall–Kier alpha value is -0.410. The minimum absolute atomic E-state index is 0.172. The topological polar surface area (TPSA) is 26.0 Å². The molecule has 1 aliphatic carbocycles. The molecule has 3 heteroatoms. The van der Waals surface area contributed by atoms with Crippen molar-refractivity contribution in [3.05, 3.63) is 34.1 Å². The first-order valence-corrected chi connectivity index (χ1v) is 6.65. The van der Waals surface area contributed by atoms with E-state index in [1.165, 1.54) is 25.3 Å². The molecule has 1 nitrogen and oxygen atoms in total. The first-order valence-electron chi connectivity index (χ1n) is 5.85. The predicted octanol–water partition coefficient (Wildman–Crippen LogP) is 3.65. The van der Waals surface area contributed by atoms with E-state index in [1.807, 2.05) is 6.07 Å². The number of halogens is 2. The summed E-state index contributed by atoms with van der Waals surface area (Å²) < 4.78 is 14.0. The molecule has 0 bridgehead atoms. The SMILES string of the molecule is NC1CCCCC1Cc1cc(F)cc(Br)c1. The van der Waals surface area contributed by atoms with Crippen molar-refractivity contribution in [2.24, 2.45) is 11.7 Å². The second-order valence-electron chi connectivity index (χ2n) is 4.69. The zero-order chi connectivity index (χ0) is 11.5. The Morgan fingerprint density at radius 2 is 2.00 bits per heavy atom. The van der Waals surface area contributed by atoms with Crippen molar-refractivity contribution < 1.29 is 4.39 Å². The van der Waals surface area contributed by atoms with Gasteiger partial charge in [-0.3, -0.25) is 0 Å². The standard InChI is InChI=1S/C13H17BrFN/c14-11-6-9(7-12(15)8-11)5-10-3-1-2-4-13(10)16/h6-8,10,13H,1-5,16H2. The van der Waals surface area contributed by atoms with Crippen LogP contribution < -0.4 is 5.73 Å². The lowest BCUT2D eigenvalue weighted by atomic mass is 9.81. The third-order valence-corrected chi connectivity index (χ3v) is 3.85. The highest BCUT2D eigenvalue weighted by molar-refractivity contribution is 9.10. The molecule has 0 aliphatic heterocycles. The molecule has 2 unspecified atom stereocenters. The molecule has 2 rings (SSSR count). The van der Waals surface area contributed by atoms with E-state index < -0.39 is 0 Å². The summed E-state index contributed by atoms with van der Waals surface area (Å²) in [6.45, 7) is 0. The van der Waals surface area contributed by atoms with E-state index in [0.717, 1.165) is 22.9 Å². The van der Waals surface area contributed by atoms with Gasteiger partial charge in [0.1, 0.15) is 5.82 Å². The maximum Gasteiger partial charge on any atom is 0.124 e. The molecule has 16 heavy (non-hydrogen) atoms. The van der Waals surface area contributed by atoms with Gasteiger partial charge in [0.25, 0.3) is 0 Å². The molecule has 0 radical (unpaired) electrons. The van der Waals surface area contributed by atoms with Crippen LogP contribution in [0.25, 0.3) is 0 Å². The summed E-state index contributed by atoms with van der Waals surface area (Å²) in [6, 6.07) is 5.39. The van der Waals surface area contributed by atoms with Gasteiger partial charge >= 0.3 is 0 Å².